The van der Waals surface area contributed by atoms with E-state index < -0.39 is 17.1 Å². The standard InChI is InChI=1S/C12H10F3N3OS/c1-6-3-4-8(7(2)5-6)9(19)16-11-18-17-10(20-11)12(13,14)15/h3-5H,1-2H3,(H,16,18,19). The van der Waals surface area contributed by atoms with E-state index in [9.17, 15) is 18.0 Å². The van der Waals surface area contributed by atoms with Crippen molar-refractivity contribution in [1.29, 1.82) is 0 Å². The van der Waals surface area contributed by atoms with Gasteiger partial charge >= 0.3 is 6.18 Å². The van der Waals surface area contributed by atoms with Gasteiger partial charge in [0.25, 0.3) is 5.91 Å². The third kappa shape index (κ3) is 3.13. The molecule has 0 aliphatic heterocycles. The van der Waals surface area contributed by atoms with E-state index in [0.717, 1.165) is 11.1 Å². The van der Waals surface area contributed by atoms with Crippen LogP contribution in [0.5, 0.6) is 0 Å². The number of nitrogens with zero attached hydrogens (tertiary/aromatic N) is 2. The topological polar surface area (TPSA) is 54.9 Å². The number of nitrogens with one attached hydrogen (secondary N) is 1. The molecule has 0 radical (unpaired) electrons. The molecule has 1 aromatic carbocycles. The molecule has 0 unspecified atom stereocenters. The molecule has 0 saturated carbocycles. The second-order valence-corrected chi connectivity index (χ2v) is 5.16. The van der Waals surface area contributed by atoms with Gasteiger partial charge in [0, 0.05) is 5.56 Å². The first-order chi connectivity index (χ1) is 9.27. The Morgan fingerprint density at radius 1 is 1.25 bits per heavy atom. The molecule has 0 saturated heterocycles. The van der Waals surface area contributed by atoms with Gasteiger partial charge in [-0.15, -0.1) is 10.2 Å². The van der Waals surface area contributed by atoms with Gasteiger partial charge in [-0.1, -0.05) is 29.0 Å². The zero-order valence-corrected chi connectivity index (χ0v) is 11.4. The fraction of sp³-hybridized carbons (Fsp3) is 0.250. The molecule has 2 rings (SSSR count). The van der Waals surface area contributed by atoms with Gasteiger partial charge in [0.1, 0.15) is 0 Å². The predicted molar refractivity (Wildman–Crippen MR) is 68.8 cm³/mol. The van der Waals surface area contributed by atoms with Gasteiger partial charge in [0.15, 0.2) is 0 Å². The van der Waals surface area contributed by atoms with Gasteiger partial charge in [-0.2, -0.15) is 13.2 Å². The molecular weight excluding hydrogens is 291 g/mol. The summed E-state index contributed by atoms with van der Waals surface area (Å²) in [5, 5.41) is 7.36. The molecule has 0 bridgehead atoms. The highest BCUT2D eigenvalue weighted by Gasteiger charge is 2.35. The summed E-state index contributed by atoms with van der Waals surface area (Å²) in [5.41, 5.74) is 2.12. The largest absolute Gasteiger partial charge is 0.445 e. The van der Waals surface area contributed by atoms with E-state index in [1.165, 1.54) is 0 Å². The summed E-state index contributed by atoms with van der Waals surface area (Å²) in [6.07, 6.45) is -4.56. The van der Waals surface area contributed by atoms with Gasteiger partial charge in [-0.05, 0) is 25.5 Å². The van der Waals surface area contributed by atoms with E-state index in [-0.39, 0.29) is 5.13 Å². The van der Waals surface area contributed by atoms with Crippen LogP contribution in [0.3, 0.4) is 0 Å². The average Bonchev–Trinajstić information content (AvgIpc) is 2.76. The molecule has 1 heterocycles. The number of benzene rings is 1. The highest BCUT2D eigenvalue weighted by molar-refractivity contribution is 7.15. The summed E-state index contributed by atoms with van der Waals surface area (Å²) in [5.74, 6) is -0.507. The van der Waals surface area contributed by atoms with Crippen molar-refractivity contribution in [2.75, 3.05) is 5.32 Å². The van der Waals surface area contributed by atoms with Crippen LogP contribution in [-0.2, 0) is 6.18 Å². The number of anilines is 1. The van der Waals surface area contributed by atoms with Crippen LogP contribution < -0.4 is 5.32 Å². The fourth-order valence-electron chi connectivity index (χ4n) is 1.62. The van der Waals surface area contributed by atoms with E-state index in [4.69, 9.17) is 0 Å². The number of aryl methyl sites for hydroxylation is 2. The summed E-state index contributed by atoms with van der Waals surface area (Å²) in [6.45, 7) is 3.64. The molecule has 1 amide bonds. The number of rotatable bonds is 2. The molecule has 8 heteroatoms. The molecular formula is C12H10F3N3OS. The monoisotopic (exact) mass is 301 g/mol. The molecule has 106 valence electrons. The highest BCUT2D eigenvalue weighted by atomic mass is 32.1. The fourth-order valence-corrected chi connectivity index (χ4v) is 2.23. The maximum absolute atomic E-state index is 12.4. The lowest BCUT2D eigenvalue weighted by atomic mass is 10.1. The zero-order valence-electron chi connectivity index (χ0n) is 10.6. The summed E-state index contributed by atoms with van der Waals surface area (Å²) in [6, 6.07) is 5.19. The van der Waals surface area contributed by atoms with E-state index in [1.807, 2.05) is 13.0 Å². The minimum Gasteiger partial charge on any atom is -0.296 e. The first-order valence-electron chi connectivity index (χ1n) is 5.56. The van der Waals surface area contributed by atoms with Crippen molar-refractivity contribution in [2.45, 2.75) is 20.0 Å². The molecule has 0 aliphatic carbocycles. The Labute approximate surface area is 116 Å². The van der Waals surface area contributed by atoms with Gasteiger partial charge in [0.2, 0.25) is 10.1 Å². The number of aromatic nitrogens is 2. The molecule has 20 heavy (non-hydrogen) atoms. The maximum atomic E-state index is 12.4. The molecule has 1 N–H and O–H groups in total. The second-order valence-electron chi connectivity index (χ2n) is 4.18. The first-order valence-corrected chi connectivity index (χ1v) is 6.38. The number of amides is 1. The lowest BCUT2D eigenvalue weighted by Crippen LogP contribution is -2.13. The van der Waals surface area contributed by atoms with Crippen molar-refractivity contribution in [1.82, 2.24) is 10.2 Å². The quantitative estimate of drug-likeness (QED) is 0.924. The van der Waals surface area contributed by atoms with Crippen LogP contribution in [-0.4, -0.2) is 16.1 Å². The molecule has 0 atom stereocenters. The smallest absolute Gasteiger partial charge is 0.296 e. The van der Waals surface area contributed by atoms with Crippen LogP contribution >= 0.6 is 11.3 Å². The average molecular weight is 301 g/mol. The van der Waals surface area contributed by atoms with Crippen molar-refractivity contribution >= 4 is 22.4 Å². The van der Waals surface area contributed by atoms with E-state index in [2.05, 4.69) is 15.5 Å². The number of hydrogen-bond acceptors (Lipinski definition) is 4. The molecule has 0 spiro atoms. The second kappa shape index (κ2) is 5.20. The summed E-state index contributed by atoms with van der Waals surface area (Å²) in [7, 11) is 0. The van der Waals surface area contributed by atoms with Gasteiger partial charge in [-0.3, -0.25) is 10.1 Å². The van der Waals surface area contributed by atoms with Crippen molar-refractivity contribution in [2.24, 2.45) is 0 Å². The lowest BCUT2D eigenvalue weighted by molar-refractivity contribution is -0.138. The Bertz CT molecular complexity index is 652. The van der Waals surface area contributed by atoms with Crippen LogP contribution in [0.25, 0.3) is 0 Å². The molecule has 1 aromatic heterocycles. The van der Waals surface area contributed by atoms with Crippen molar-refractivity contribution < 1.29 is 18.0 Å². The number of hydrogen-bond donors (Lipinski definition) is 1. The van der Waals surface area contributed by atoms with Gasteiger partial charge < -0.3 is 0 Å². The molecule has 4 nitrogen and oxygen atoms in total. The summed E-state index contributed by atoms with van der Waals surface area (Å²) < 4.78 is 37.1. The Kier molecular flexibility index (Phi) is 3.76. The number of halogens is 3. The van der Waals surface area contributed by atoms with Gasteiger partial charge in [0.05, 0.1) is 0 Å². The summed E-state index contributed by atoms with van der Waals surface area (Å²) in [4.78, 5) is 12.0. The Hall–Kier alpha value is -1.96. The van der Waals surface area contributed by atoms with Crippen LogP contribution in [0.2, 0.25) is 0 Å². The third-order valence-electron chi connectivity index (χ3n) is 2.51. The SMILES string of the molecule is Cc1ccc(C(=O)Nc2nnc(C(F)(F)F)s2)c(C)c1. The Morgan fingerprint density at radius 3 is 2.50 bits per heavy atom. The lowest BCUT2D eigenvalue weighted by Gasteiger charge is -2.05. The van der Waals surface area contributed by atoms with Crippen molar-refractivity contribution in [3.8, 4) is 0 Å². The van der Waals surface area contributed by atoms with E-state index in [1.54, 1.807) is 19.1 Å². The Balaban J connectivity index is 2.17. The molecule has 2 aromatic rings. The van der Waals surface area contributed by atoms with Crippen molar-refractivity contribution in [3.63, 3.8) is 0 Å². The molecule has 0 aliphatic rings. The third-order valence-corrected chi connectivity index (χ3v) is 3.40. The summed E-state index contributed by atoms with van der Waals surface area (Å²) >= 11 is 0.293. The van der Waals surface area contributed by atoms with Crippen LogP contribution in [0, 0.1) is 13.8 Å². The molecule has 0 fully saturated rings. The van der Waals surface area contributed by atoms with E-state index in [0.29, 0.717) is 16.9 Å². The number of alkyl halides is 3. The van der Waals surface area contributed by atoms with E-state index >= 15 is 0 Å². The normalized spacial score (nSPS) is 11.4. The zero-order chi connectivity index (χ0) is 14.9. The first kappa shape index (κ1) is 14.4. The van der Waals surface area contributed by atoms with Gasteiger partial charge in [-0.25, -0.2) is 0 Å². The Morgan fingerprint density at radius 2 is 1.95 bits per heavy atom. The van der Waals surface area contributed by atoms with Crippen molar-refractivity contribution in [3.05, 3.63) is 39.9 Å². The highest BCUT2D eigenvalue weighted by Crippen LogP contribution is 2.33. The minimum atomic E-state index is -4.56. The predicted octanol–water partition coefficient (Wildman–Crippen LogP) is 3.43. The van der Waals surface area contributed by atoms with Crippen LogP contribution in [0.1, 0.15) is 26.5 Å². The number of carbonyl (C=O) groups excluding carboxylic acids is 1. The maximum Gasteiger partial charge on any atom is 0.445 e. The minimum absolute atomic E-state index is 0.178. The van der Waals surface area contributed by atoms with Crippen LogP contribution in [0.15, 0.2) is 18.2 Å². The number of carbonyl (C=O) groups is 1. The van der Waals surface area contributed by atoms with Crippen LogP contribution in [0.4, 0.5) is 18.3 Å².